The van der Waals surface area contributed by atoms with Crippen LogP contribution in [0.4, 0.5) is 0 Å². The van der Waals surface area contributed by atoms with Crippen molar-refractivity contribution in [2.24, 2.45) is 18.9 Å². The van der Waals surface area contributed by atoms with Crippen LogP contribution >= 0.6 is 0 Å². The van der Waals surface area contributed by atoms with E-state index in [1.165, 1.54) is 4.57 Å². The Labute approximate surface area is 158 Å². The van der Waals surface area contributed by atoms with Gasteiger partial charge >= 0.3 is 5.97 Å². The van der Waals surface area contributed by atoms with Gasteiger partial charge in [0.15, 0.2) is 0 Å². The molecule has 0 radical (unpaired) electrons. The molecular formula is C21H26N2O4. The third-order valence-electron chi connectivity index (χ3n) is 4.89. The first-order chi connectivity index (χ1) is 12.6. The minimum Gasteiger partial charge on any atom is -0.462 e. The maximum Gasteiger partial charge on any atom is 0.340 e. The highest BCUT2D eigenvalue weighted by Gasteiger charge is 2.38. The molecule has 0 aromatic carbocycles. The van der Waals surface area contributed by atoms with Crippen molar-refractivity contribution in [2.45, 2.75) is 46.1 Å². The summed E-state index contributed by atoms with van der Waals surface area (Å²) in [7, 11) is 1.64. The van der Waals surface area contributed by atoms with Crippen molar-refractivity contribution in [1.29, 1.82) is 0 Å². The summed E-state index contributed by atoms with van der Waals surface area (Å²) in [5.41, 5.74) is 0.427. The predicted molar refractivity (Wildman–Crippen MR) is 104 cm³/mol. The van der Waals surface area contributed by atoms with Gasteiger partial charge in [-0.05, 0) is 38.5 Å². The van der Waals surface area contributed by atoms with Crippen LogP contribution in [0.25, 0.3) is 10.9 Å². The molecule has 144 valence electrons. The number of aromatic amines is 1. The first kappa shape index (κ1) is 19.2. The molecule has 1 unspecified atom stereocenters. The SMILES string of the molecule is Cc1[nH]c2c(=O)n(C)cc(C#CC(C)(O)C3CC3)c2c1C(=O)OCC(C)C. The summed E-state index contributed by atoms with van der Waals surface area (Å²) in [6.07, 6.45) is 3.52. The number of rotatable bonds is 4. The van der Waals surface area contributed by atoms with E-state index in [1.54, 1.807) is 27.1 Å². The molecular weight excluding hydrogens is 344 g/mol. The molecule has 1 fully saturated rings. The molecule has 1 aliphatic carbocycles. The van der Waals surface area contributed by atoms with Crippen molar-refractivity contribution in [3.05, 3.63) is 33.4 Å². The Kier molecular flexibility index (Phi) is 4.92. The van der Waals surface area contributed by atoms with Gasteiger partial charge in [-0.3, -0.25) is 4.79 Å². The lowest BCUT2D eigenvalue weighted by atomic mass is 10.00. The molecule has 0 amide bonds. The fourth-order valence-electron chi connectivity index (χ4n) is 3.15. The van der Waals surface area contributed by atoms with E-state index < -0.39 is 11.6 Å². The molecule has 2 aromatic heterocycles. The number of aliphatic hydroxyl groups is 1. The Morgan fingerprint density at radius 2 is 2.15 bits per heavy atom. The van der Waals surface area contributed by atoms with E-state index in [9.17, 15) is 14.7 Å². The topological polar surface area (TPSA) is 84.3 Å². The van der Waals surface area contributed by atoms with Crippen LogP contribution in [0.2, 0.25) is 0 Å². The maximum absolute atomic E-state index is 12.7. The van der Waals surface area contributed by atoms with E-state index in [1.807, 2.05) is 13.8 Å². The van der Waals surface area contributed by atoms with Gasteiger partial charge in [0.25, 0.3) is 5.56 Å². The van der Waals surface area contributed by atoms with E-state index in [0.29, 0.717) is 34.3 Å². The van der Waals surface area contributed by atoms with E-state index in [2.05, 4.69) is 16.8 Å². The van der Waals surface area contributed by atoms with Crippen molar-refractivity contribution < 1.29 is 14.6 Å². The van der Waals surface area contributed by atoms with Gasteiger partial charge in [0.1, 0.15) is 11.1 Å². The second-order valence-corrected chi connectivity index (χ2v) is 8.00. The van der Waals surface area contributed by atoms with Crippen LogP contribution in [0.15, 0.2) is 11.0 Å². The summed E-state index contributed by atoms with van der Waals surface area (Å²) in [5, 5.41) is 11.0. The third-order valence-corrected chi connectivity index (χ3v) is 4.89. The number of H-pyrrole nitrogens is 1. The minimum atomic E-state index is -1.08. The number of esters is 1. The number of pyridine rings is 1. The lowest BCUT2D eigenvalue weighted by Gasteiger charge is -2.14. The summed E-state index contributed by atoms with van der Waals surface area (Å²) in [6.45, 7) is 7.66. The van der Waals surface area contributed by atoms with E-state index in [4.69, 9.17) is 4.74 Å². The normalized spacial score (nSPS) is 16.1. The molecule has 3 rings (SSSR count). The molecule has 6 heteroatoms. The van der Waals surface area contributed by atoms with Crippen molar-refractivity contribution in [2.75, 3.05) is 6.61 Å². The number of carbonyl (C=O) groups is 1. The molecule has 0 saturated heterocycles. The highest BCUT2D eigenvalue weighted by Crippen LogP contribution is 2.39. The summed E-state index contributed by atoms with van der Waals surface area (Å²) in [6, 6.07) is 0. The number of aromatic nitrogens is 2. The Balaban J connectivity index is 2.16. The third kappa shape index (κ3) is 3.79. The molecule has 0 spiro atoms. The van der Waals surface area contributed by atoms with E-state index >= 15 is 0 Å². The zero-order chi connectivity index (χ0) is 19.9. The molecule has 1 atom stereocenters. The van der Waals surface area contributed by atoms with Gasteiger partial charge in [-0.1, -0.05) is 25.7 Å². The number of hydrogen-bond acceptors (Lipinski definition) is 4. The number of hydrogen-bond donors (Lipinski definition) is 2. The van der Waals surface area contributed by atoms with Crippen LogP contribution in [-0.4, -0.2) is 32.8 Å². The Hall–Kier alpha value is -2.52. The van der Waals surface area contributed by atoms with Gasteiger partial charge in [-0.2, -0.15) is 0 Å². The fraction of sp³-hybridized carbons (Fsp3) is 0.524. The quantitative estimate of drug-likeness (QED) is 0.640. The van der Waals surface area contributed by atoms with Gasteiger partial charge in [0.2, 0.25) is 0 Å². The number of fused-ring (bicyclic) bond motifs is 1. The van der Waals surface area contributed by atoms with Crippen molar-refractivity contribution in [3.8, 4) is 11.8 Å². The number of nitrogens with one attached hydrogen (secondary N) is 1. The maximum atomic E-state index is 12.7. The van der Waals surface area contributed by atoms with E-state index in [0.717, 1.165) is 12.8 Å². The van der Waals surface area contributed by atoms with E-state index in [-0.39, 0.29) is 17.4 Å². The molecule has 1 aliphatic rings. The average molecular weight is 370 g/mol. The van der Waals surface area contributed by atoms with Gasteiger partial charge in [0.05, 0.1) is 17.7 Å². The van der Waals surface area contributed by atoms with Crippen LogP contribution < -0.4 is 5.56 Å². The Bertz CT molecular complexity index is 1010. The van der Waals surface area contributed by atoms with Crippen molar-refractivity contribution >= 4 is 16.9 Å². The molecule has 2 N–H and O–H groups in total. The number of carbonyl (C=O) groups excluding carboxylic acids is 1. The largest absolute Gasteiger partial charge is 0.462 e. The summed E-state index contributed by atoms with van der Waals surface area (Å²) < 4.78 is 6.82. The molecule has 0 bridgehead atoms. The van der Waals surface area contributed by atoms with Crippen LogP contribution in [0.5, 0.6) is 0 Å². The zero-order valence-corrected chi connectivity index (χ0v) is 16.5. The highest BCUT2D eigenvalue weighted by molar-refractivity contribution is 6.07. The molecule has 27 heavy (non-hydrogen) atoms. The Morgan fingerprint density at radius 1 is 1.48 bits per heavy atom. The average Bonchev–Trinajstić information content (AvgIpc) is 3.38. The minimum absolute atomic E-state index is 0.177. The van der Waals surface area contributed by atoms with Gasteiger partial charge < -0.3 is 19.4 Å². The zero-order valence-electron chi connectivity index (χ0n) is 16.5. The molecule has 1 saturated carbocycles. The van der Waals surface area contributed by atoms with Gasteiger partial charge in [0, 0.05) is 24.3 Å². The summed E-state index contributed by atoms with van der Waals surface area (Å²) in [5.74, 6) is 5.84. The summed E-state index contributed by atoms with van der Waals surface area (Å²) in [4.78, 5) is 28.2. The lowest BCUT2D eigenvalue weighted by Crippen LogP contribution is -2.24. The molecule has 2 heterocycles. The van der Waals surface area contributed by atoms with Crippen molar-refractivity contribution in [3.63, 3.8) is 0 Å². The molecule has 6 nitrogen and oxygen atoms in total. The standard InChI is InChI=1S/C21H26N2O4/c1-12(2)11-27-20(25)16-13(3)22-18-17(16)14(10-23(5)19(18)24)8-9-21(4,26)15-6-7-15/h10,12,15,22,26H,6-7,11H2,1-5H3. The number of aryl methyl sites for hydroxylation is 2. The summed E-state index contributed by atoms with van der Waals surface area (Å²) >= 11 is 0. The first-order valence-electron chi connectivity index (χ1n) is 9.26. The van der Waals surface area contributed by atoms with Gasteiger partial charge in [-0.15, -0.1) is 0 Å². The van der Waals surface area contributed by atoms with Gasteiger partial charge in [-0.25, -0.2) is 4.79 Å². The second kappa shape index (κ2) is 6.90. The lowest BCUT2D eigenvalue weighted by molar-refractivity contribution is 0.0460. The Morgan fingerprint density at radius 3 is 2.74 bits per heavy atom. The van der Waals surface area contributed by atoms with Crippen LogP contribution in [-0.2, 0) is 11.8 Å². The van der Waals surface area contributed by atoms with Crippen LogP contribution in [0.3, 0.4) is 0 Å². The predicted octanol–water partition coefficient (Wildman–Crippen LogP) is 2.50. The van der Waals surface area contributed by atoms with Crippen LogP contribution in [0.1, 0.15) is 55.2 Å². The fourth-order valence-corrected chi connectivity index (χ4v) is 3.15. The van der Waals surface area contributed by atoms with Crippen LogP contribution in [0, 0.1) is 30.6 Å². The monoisotopic (exact) mass is 370 g/mol. The molecule has 2 aromatic rings. The highest BCUT2D eigenvalue weighted by atomic mass is 16.5. The first-order valence-corrected chi connectivity index (χ1v) is 9.26. The van der Waals surface area contributed by atoms with Crippen molar-refractivity contribution in [1.82, 2.24) is 9.55 Å². The number of ether oxygens (including phenoxy) is 1. The number of nitrogens with zero attached hydrogens (tertiary/aromatic N) is 1. The molecule has 0 aliphatic heterocycles. The smallest absolute Gasteiger partial charge is 0.340 e. The second-order valence-electron chi connectivity index (χ2n) is 8.00.